The van der Waals surface area contributed by atoms with Gasteiger partial charge in [-0.25, -0.2) is 0 Å². The zero-order valence-electron chi connectivity index (χ0n) is 11.8. The van der Waals surface area contributed by atoms with Crippen molar-refractivity contribution in [1.29, 1.82) is 0 Å². The van der Waals surface area contributed by atoms with E-state index in [1.807, 2.05) is 48.5 Å². The molecule has 0 aliphatic heterocycles. The lowest BCUT2D eigenvalue weighted by molar-refractivity contribution is -0.176. The minimum Gasteiger partial charge on any atom is -0.343 e. The van der Waals surface area contributed by atoms with Crippen LogP contribution in [0.5, 0.6) is 0 Å². The molecule has 2 rings (SSSR count). The zero-order valence-corrected chi connectivity index (χ0v) is 16.1. The largest absolute Gasteiger partial charge is 0.343 e. The number of rotatable bonds is 5. The Labute approximate surface area is 148 Å². The topological polar surface area (TPSA) is 35.5 Å². The van der Waals surface area contributed by atoms with E-state index in [9.17, 15) is 4.79 Å². The Balaban J connectivity index is 0.00000106. The highest BCUT2D eigenvalue weighted by molar-refractivity contribution is 15.0. The molecule has 0 bridgehead atoms. The van der Waals surface area contributed by atoms with Crippen molar-refractivity contribution in [2.24, 2.45) is 0 Å². The molecule has 0 N–H and O–H groups in total. The Morgan fingerprint density at radius 2 is 1.29 bits per heavy atom. The molecular weight excluding hydrogens is 494 g/mol. The normalized spacial score (nSPS) is 10.5. The lowest BCUT2D eigenvalue weighted by Gasteiger charge is -2.29. The summed E-state index contributed by atoms with van der Waals surface area (Å²) in [5.74, 6) is -1.62. The molecule has 0 aliphatic rings. The smallest absolute Gasteiger partial charge is 0.260 e. The van der Waals surface area contributed by atoms with Crippen molar-refractivity contribution in [3.8, 4) is 0 Å². The van der Waals surface area contributed by atoms with Gasteiger partial charge in [-0.2, -0.15) is 0 Å². The SMILES string of the molecule is COC(OC)(C(=O)c1ccccc1)c1ccccc1.II. The molecule has 0 amide bonds. The molecule has 0 atom stereocenters. The molecule has 0 radical (unpaired) electrons. The van der Waals surface area contributed by atoms with Crippen LogP contribution >= 0.6 is 37.2 Å². The van der Waals surface area contributed by atoms with Gasteiger partial charge in [0.05, 0.1) is 0 Å². The number of hydrogen-bond acceptors (Lipinski definition) is 3. The number of methoxy groups -OCH3 is 2. The van der Waals surface area contributed by atoms with Crippen LogP contribution in [0.4, 0.5) is 0 Å². The van der Waals surface area contributed by atoms with Crippen molar-refractivity contribution in [2.75, 3.05) is 14.2 Å². The predicted molar refractivity (Wildman–Crippen MR) is 101 cm³/mol. The highest BCUT2D eigenvalue weighted by atomic mass is 128. The first kappa shape index (κ1) is 18.5. The van der Waals surface area contributed by atoms with Gasteiger partial charge in [-0.15, -0.1) is 0 Å². The summed E-state index contributed by atoms with van der Waals surface area (Å²) in [6.45, 7) is 0. The summed E-state index contributed by atoms with van der Waals surface area (Å²) >= 11 is 4.24. The van der Waals surface area contributed by atoms with Gasteiger partial charge in [0.2, 0.25) is 5.78 Å². The van der Waals surface area contributed by atoms with E-state index in [-0.39, 0.29) is 5.78 Å². The highest BCUT2D eigenvalue weighted by Crippen LogP contribution is 2.30. The van der Waals surface area contributed by atoms with Gasteiger partial charge < -0.3 is 9.47 Å². The van der Waals surface area contributed by atoms with E-state index in [2.05, 4.69) is 37.2 Å². The van der Waals surface area contributed by atoms with Crippen molar-refractivity contribution in [2.45, 2.75) is 5.79 Å². The molecule has 0 fully saturated rings. The van der Waals surface area contributed by atoms with E-state index in [1.165, 1.54) is 14.2 Å². The number of ether oxygens (including phenoxy) is 2. The zero-order chi connectivity index (χ0) is 15.7. The van der Waals surface area contributed by atoms with Crippen LogP contribution in [0.3, 0.4) is 0 Å². The Morgan fingerprint density at radius 1 is 0.857 bits per heavy atom. The third-order valence-electron chi connectivity index (χ3n) is 3.06. The van der Waals surface area contributed by atoms with Crippen molar-refractivity contribution in [3.05, 3.63) is 71.8 Å². The Morgan fingerprint density at radius 3 is 1.71 bits per heavy atom. The van der Waals surface area contributed by atoms with Crippen molar-refractivity contribution < 1.29 is 14.3 Å². The van der Waals surface area contributed by atoms with Crippen LogP contribution in [0, 0.1) is 0 Å². The van der Waals surface area contributed by atoms with Gasteiger partial charge in [-0.3, -0.25) is 4.79 Å². The second kappa shape index (κ2) is 9.50. The molecule has 2 aromatic rings. The number of benzene rings is 2. The number of carbonyl (C=O) groups excluding carboxylic acids is 1. The number of halogens is 2. The molecule has 0 heterocycles. The molecule has 0 spiro atoms. The summed E-state index contributed by atoms with van der Waals surface area (Å²) in [6.07, 6.45) is 0. The summed E-state index contributed by atoms with van der Waals surface area (Å²) in [6, 6.07) is 18.2. The van der Waals surface area contributed by atoms with Gasteiger partial charge in [-0.1, -0.05) is 60.7 Å². The predicted octanol–water partition coefficient (Wildman–Crippen LogP) is 4.79. The number of Topliss-reactive ketones (excluding diaryl/α,β-unsaturated/α-hetero) is 1. The van der Waals surface area contributed by atoms with Crippen molar-refractivity contribution >= 4 is 43.0 Å². The lowest BCUT2D eigenvalue weighted by atomic mass is 9.96. The molecule has 21 heavy (non-hydrogen) atoms. The fraction of sp³-hybridized carbons (Fsp3) is 0.188. The first-order valence-corrected chi connectivity index (χ1v) is 12.4. The molecule has 5 heteroatoms. The summed E-state index contributed by atoms with van der Waals surface area (Å²) < 4.78 is 10.8. The van der Waals surface area contributed by atoms with Crippen LogP contribution in [0.2, 0.25) is 0 Å². The summed E-state index contributed by atoms with van der Waals surface area (Å²) in [5.41, 5.74) is 1.23. The number of ketones is 1. The van der Waals surface area contributed by atoms with Crippen LogP contribution in [0.1, 0.15) is 15.9 Å². The molecule has 0 saturated carbocycles. The molecule has 0 unspecified atom stereocenters. The number of carbonyl (C=O) groups is 1. The maximum Gasteiger partial charge on any atom is 0.260 e. The summed E-state index contributed by atoms with van der Waals surface area (Å²) in [4.78, 5) is 12.7. The molecule has 112 valence electrons. The third-order valence-corrected chi connectivity index (χ3v) is 3.06. The quantitative estimate of drug-likeness (QED) is 0.330. The molecule has 0 aliphatic carbocycles. The van der Waals surface area contributed by atoms with Crippen LogP contribution in [-0.2, 0) is 15.3 Å². The molecule has 3 nitrogen and oxygen atoms in total. The Bertz CT molecular complexity index is 540. The van der Waals surface area contributed by atoms with Gasteiger partial charge in [0.1, 0.15) is 0 Å². The van der Waals surface area contributed by atoms with Gasteiger partial charge in [0.25, 0.3) is 5.79 Å². The second-order valence-corrected chi connectivity index (χ2v) is 4.09. The monoisotopic (exact) mass is 510 g/mol. The maximum atomic E-state index is 12.7. The van der Waals surface area contributed by atoms with E-state index in [1.54, 1.807) is 12.1 Å². The van der Waals surface area contributed by atoms with Gasteiger partial charge in [0.15, 0.2) is 0 Å². The van der Waals surface area contributed by atoms with Gasteiger partial charge in [0, 0.05) is 62.6 Å². The summed E-state index contributed by atoms with van der Waals surface area (Å²) in [7, 11) is 2.94. The lowest BCUT2D eigenvalue weighted by Crippen LogP contribution is -2.39. The van der Waals surface area contributed by atoms with Crippen molar-refractivity contribution in [3.63, 3.8) is 0 Å². The molecule has 0 aromatic heterocycles. The molecule has 2 aromatic carbocycles. The van der Waals surface area contributed by atoms with Crippen molar-refractivity contribution in [1.82, 2.24) is 0 Å². The second-order valence-electron chi connectivity index (χ2n) is 4.09. The van der Waals surface area contributed by atoms with Crippen LogP contribution in [-0.4, -0.2) is 20.0 Å². The van der Waals surface area contributed by atoms with E-state index >= 15 is 0 Å². The molecular formula is C16H16I2O3. The average molecular weight is 510 g/mol. The standard InChI is InChI=1S/C16H16O3.I2/c1-18-16(19-2,14-11-7-4-8-12-14)15(17)13-9-5-3-6-10-13;1-2/h3-12H,1-2H3;. The minimum absolute atomic E-state index is 0.218. The van der Waals surface area contributed by atoms with Crippen LogP contribution in [0.15, 0.2) is 60.7 Å². The Hall–Kier alpha value is -0.510. The van der Waals surface area contributed by atoms with Crippen LogP contribution in [0.25, 0.3) is 0 Å². The minimum atomic E-state index is -1.40. The van der Waals surface area contributed by atoms with E-state index in [0.717, 1.165) is 0 Å². The fourth-order valence-electron chi connectivity index (χ4n) is 2.07. The highest BCUT2D eigenvalue weighted by Gasteiger charge is 2.41. The number of hydrogen-bond donors (Lipinski definition) is 0. The maximum absolute atomic E-state index is 12.7. The average Bonchev–Trinajstić information content (AvgIpc) is 2.60. The van der Waals surface area contributed by atoms with E-state index in [0.29, 0.717) is 11.1 Å². The van der Waals surface area contributed by atoms with E-state index in [4.69, 9.17) is 9.47 Å². The Kier molecular flexibility index (Phi) is 8.38. The van der Waals surface area contributed by atoms with E-state index < -0.39 is 5.79 Å². The first-order valence-electron chi connectivity index (χ1n) is 6.14. The first-order chi connectivity index (χ1) is 10.2. The summed E-state index contributed by atoms with van der Waals surface area (Å²) in [5, 5.41) is 0. The van der Waals surface area contributed by atoms with Gasteiger partial charge in [-0.05, 0) is 0 Å². The third kappa shape index (κ3) is 4.24. The molecule has 0 saturated heterocycles. The van der Waals surface area contributed by atoms with Crippen LogP contribution < -0.4 is 0 Å². The van der Waals surface area contributed by atoms with Gasteiger partial charge >= 0.3 is 0 Å². The fourth-order valence-corrected chi connectivity index (χ4v) is 2.07.